The number of carboxylic acid groups (broad SMARTS) is 1. The highest BCUT2D eigenvalue weighted by Crippen LogP contribution is 2.15. The number of aliphatic carboxylic acids is 1. The van der Waals surface area contributed by atoms with Crippen molar-refractivity contribution >= 4 is 11.7 Å². The summed E-state index contributed by atoms with van der Waals surface area (Å²) in [5.41, 5.74) is 3.99. The zero-order chi connectivity index (χ0) is 9.97. The lowest BCUT2D eigenvalue weighted by Gasteiger charge is -2.19. The largest absolute Gasteiger partial charge is 0.477 e. The van der Waals surface area contributed by atoms with Crippen molar-refractivity contribution in [2.45, 2.75) is 0 Å². The average Bonchev–Trinajstić information content (AvgIpc) is 2.68. The highest BCUT2D eigenvalue weighted by molar-refractivity contribution is 5.87. The van der Waals surface area contributed by atoms with Gasteiger partial charge in [-0.15, -0.1) is 0 Å². The fourth-order valence-corrected chi connectivity index (χ4v) is 1.33. The van der Waals surface area contributed by atoms with Gasteiger partial charge in [0.25, 0.3) is 0 Å². The van der Waals surface area contributed by atoms with E-state index in [1.54, 1.807) is 11.1 Å². The Morgan fingerprint density at radius 2 is 2.07 bits per heavy atom. The monoisotopic (exact) mass is 190 g/mol. The maximum Gasteiger partial charge on any atom is 0.353 e. The minimum absolute atomic E-state index is 0.230. The number of benzene rings is 1. The summed E-state index contributed by atoms with van der Waals surface area (Å²) in [6, 6.07) is 9.59. The molecule has 2 rings (SSSR count). The molecule has 14 heavy (non-hydrogen) atoms. The van der Waals surface area contributed by atoms with E-state index in [0.29, 0.717) is 6.54 Å². The molecule has 0 fully saturated rings. The van der Waals surface area contributed by atoms with Crippen molar-refractivity contribution in [3.05, 3.63) is 42.1 Å². The number of carbonyl (C=O) groups is 1. The van der Waals surface area contributed by atoms with Crippen LogP contribution in [0.2, 0.25) is 0 Å². The number of hydrazine groups is 1. The van der Waals surface area contributed by atoms with Gasteiger partial charge in [-0.2, -0.15) is 0 Å². The normalized spacial score (nSPS) is 14.9. The number of nitrogens with zero attached hydrogens (tertiary/aromatic N) is 1. The molecule has 1 aromatic rings. The van der Waals surface area contributed by atoms with Gasteiger partial charge in [0.2, 0.25) is 0 Å². The third kappa shape index (κ3) is 1.54. The highest BCUT2D eigenvalue weighted by Gasteiger charge is 2.17. The zero-order valence-corrected chi connectivity index (χ0v) is 7.47. The molecule has 0 atom stereocenters. The van der Waals surface area contributed by atoms with E-state index in [1.165, 1.54) is 0 Å². The Morgan fingerprint density at radius 1 is 1.36 bits per heavy atom. The maximum atomic E-state index is 10.6. The molecule has 0 saturated carbocycles. The minimum Gasteiger partial charge on any atom is -0.477 e. The van der Waals surface area contributed by atoms with Crippen LogP contribution in [0.4, 0.5) is 5.69 Å². The van der Waals surface area contributed by atoms with Crippen LogP contribution in [0.15, 0.2) is 42.1 Å². The number of para-hydroxylation sites is 1. The van der Waals surface area contributed by atoms with Crippen LogP contribution in [-0.2, 0) is 4.79 Å². The molecule has 0 saturated heterocycles. The third-order valence-corrected chi connectivity index (χ3v) is 2.03. The van der Waals surface area contributed by atoms with Gasteiger partial charge in [0.05, 0.1) is 12.2 Å². The standard InChI is InChI=1S/C10H10N2O2/c13-10(14)9-6-7-12(11-9)8-4-2-1-3-5-8/h1-6,11H,7H2,(H,13,14). The summed E-state index contributed by atoms with van der Waals surface area (Å²) in [5.74, 6) is -0.927. The molecule has 0 spiro atoms. The first-order chi connectivity index (χ1) is 6.77. The van der Waals surface area contributed by atoms with Gasteiger partial charge in [0.15, 0.2) is 0 Å². The van der Waals surface area contributed by atoms with Crippen molar-refractivity contribution in [2.24, 2.45) is 0 Å². The van der Waals surface area contributed by atoms with Gasteiger partial charge in [-0.3, -0.25) is 10.4 Å². The molecule has 2 N–H and O–H groups in total. The summed E-state index contributed by atoms with van der Waals surface area (Å²) in [6.07, 6.45) is 1.65. The Kier molecular flexibility index (Phi) is 2.10. The summed E-state index contributed by atoms with van der Waals surface area (Å²) in [6.45, 7) is 0.575. The Balaban J connectivity index is 2.10. The van der Waals surface area contributed by atoms with E-state index >= 15 is 0 Å². The second-order valence-electron chi connectivity index (χ2n) is 2.98. The van der Waals surface area contributed by atoms with Crippen LogP contribution >= 0.6 is 0 Å². The van der Waals surface area contributed by atoms with Gasteiger partial charge in [0, 0.05) is 0 Å². The average molecular weight is 190 g/mol. The second-order valence-corrected chi connectivity index (χ2v) is 2.98. The number of hydrogen-bond acceptors (Lipinski definition) is 3. The van der Waals surface area contributed by atoms with Crippen LogP contribution in [0, 0.1) is 0 Å². The number of hydrogen-bond donors (Lipinski definition) is 2. The predicted molar refractivity (Wildman–Crippen MR) is 52.6 cm³/mol. The van der Waals surface area contributed by atoms with Crippen molar-refractivity contribution in [2.75, 3.05) is 11.6 Å². The Hall–Kier alpha value is -1.97. The van der Waals surface area contributed by atoms with E-state index in [0.717, 1.165) is 5.69 Å². The summed E-state index contributed by atoms with van der Waals surface area (Å²) < 4.78 is 0. The van der Waals surface area contributed by atoms with E-state index in [-0.39, 0.29) is 5.70 Å². The molecule has 0 amide bonds. The van der Waals surface area contributed by atoms with Crippen LogP contribution in [0.3, 0.4) is 0 Å². The number of rotatable bonds is 2. The Morgan fingerprint density at radius 3 is 2.64 bits per heavy atom. The lowest BCUT2D eigenvalue weighted by molar-refractivity contribution is -0.133. The molecule has 0 bridgehead atoms. The van der Waals surface area contributed by atoms with E-state index in [4.69, 9.17) is 5.11 Å². The molecule has 0 radical (unpaired) electrons. The van der Waals surface area contributed by atoms with Gasteiger partial charge in [-0.1, -0.05) is 18.2 Å². The molecular weight excluding hydrogens is 180 g/mol. The van der Waals surface area contributed by atoms with E-state index in [1.807, 2.05) is 30.3 Å². The van der Waals surface area contributed by atoms with Crippen LogP contribution in [0.5, 0.6) is 0 Å². The van der Waals surface area contributed by atoms with Crippen molar-refractivity contribution in [3.8, 4) is 0 Å². The fourth-order valence-electron chi connectivity index (χ4n) is 1.33. The lowest BCUT2D eigenvalue weighted by Crippen LogP contribution is -2.33. The molecule has 72 valence electrons. The molecule has 1 aromatic carbocycles. The highest BCUT2D eigenvalue weighted by atomic mass is 16.4. The van der Waals surface area contributed by atoms with Crippen molar-refractivity contribution < 1.29 is 9.90 Å². The van der Waals surface area contributed by atoms with Crippen LogP contribution in [0.1, 0.15) is 0 Å². The van der Waals surface area contributed by atoms with Gasteiger partial charge >= 0.3 is 5.97 Å². The number of anilines is 1. The van der Waals surface area contributed by atoms with E-state index in [9.17, 15) is 4.79 Å². The quantitative estimate of drug-likeness (QED) is 0.730. The fraction of sp³-hybridized carbons (Fsp3) is 0.100. The van der Waals surface area contributed by atoms with Crippen LogP contribution < -0.4 is 10.4 Å². The Labute approximate surface area is 81.4 Å². The van der Waals surface area contributed by atoms with Gasteiger partial charge in [-0.05, 0) is 18.2 Å². The molecule has 1 aliphatic heterocycles. The number of nitrogens with one attached hydrogen (secondary N) is 1. The first-order valence-electron chi connectivity index (χ1n) is 4.30. The Bertz CT molecular complexity index is 373. The number of carboxylic acids is 1. The smallest absolute Gasteiger partial charge is 0.353 e. The summed E-state index contributed by atoms with van der Waals surface area (Å²) in [5, 5.41) is 10.5. The maximum absolute atomic E-state index is 10.6. The zero-order valence-electron chi connectivity index (χ0n) is 7.47. The summed E-state index contributed by atoms with van der Waals surface area (Å²) in [7, 11) is 0. The molecule has 1 aliphatic rings. The van der Waals surface area contributed by atoms with Crippen LogP contribution in [-0.4, -0.2) is 17.6 Å². The topological polar surface area (TPSA) is 52.6 Å². The lowest BCUT2D eigenvalue weighted by atomic mass is 10.3. The van der Waals surface area contributed by atoms with Crippen molar-refractivity contribution in [3.63, 3.8) is 0 Å². The second kappa shape index (κ2) is 3.41. The molecule has 0 unspecified atom stereocenters. The van der Waals surface area contributed by atoms with Crippen LogP contribution in [0.25, 0.3) is 0 Å². The molecular formula is C10H10N2O2. The third-order valence-electron chi connectivity index (χ3n) is 2.03. The first kappa shape index (κ1) is 8.62. The summed E-state index contributed by atoms with van der Waals surface area (Å²) in [4.78, 5) is 10.6. The van der Waals surface area contributed by atoms with Gasteiger partial charge < -0.3 is 5.11 Å². The molecule has 4 nitrogen and oxygen atoms in total. The SMILES string of the molecule is O=C(O)C1=CCN(c2ccccc2)N1. The van der Waals surface area contributed by atoms with E-state index in [2.05, 4.69) is 5.43 Å². The van der Waals surface area contributed by atoms with Crippen molar-refractivity contribution in [1.82, 2.24) is 5.43 Å². The van der Waals surface area contributed by atoms with E-state index < -0.39 is 5.97 Å². The minimum atomic E-state index is -0.927. The first-order valence-corrected chi connectivity index (χ1v) is 4.30. The predicted octanol–water partition coefficient (Wildman–Crippen LogP) is 0.980. The molecule has 4 heteroatoms. The molecule has 0 aliphatic carbocycles. The van der Waals surface area contributed by atoms with Gasteiger partial charge in [-0.25, -0.2) is 4.79 Å². The summed E-state index contributed by atoms with van der Waals surface area (Å²) >= 11 is 0. The molecule has 1 heterocycles. The van der Waals surface area contributed by atoms with Gasteiger partial charge in [0.1, 0.15) is 5.70 Å². The van der Waals surface area contributed by atoms with Crippen molar-refractivity contribution in [1.29, 1.82) is 0 Å². The molecule has 0 aromatic heterocycles.